The largest absolute Gasteiger partial charge is 0.366 e. The Morgan fingerprint density at radius 1 is 1.06 bits per heavy atom. The molecule has 0 aliphatic carbocycles. The Morgan fingerprint density at radius 3 is 2.24 bits per heavy atom. The van der Waals surface area contributed by atoms with Gasteiger partial charge in [0.25, 0.3) is 11.4 Å². The highest BCUT2D eigenvalue weighted by atomic mass is 16.6. The number of anilines is 1. The molecule has 0 amide bonds. The fraction of sp³-hybridized carbons (Fsp3) is 0.400. The van der Waals surface area contributed by atoms with Crippen LogP contribution in [0.5, 0.6) is 0 Å². The van der Waals surface area contributed by atoms with E-state index in [0.717, 1.165) is 32.0 Å². The third kappa shape index (κ3) is 2.17. The summed E-state index contributed by atoms with van der Waals surface area (Å²) in [5.74, 6) is 0. The number of rotatable bonds is 3. The Hall–Kier alpha value is -2.18. The summed E-state index contributed by atoms with van der Waals surface area (Å²) >= 11 is 0. The summed E-state index contributed by atoms with van der Waals surface area (Å²) in [6.07, 6.45) is 1.99. The molecular weight excluding hydrogens is 226 g/mol. The number of benzene rings is 1. The lowest BCUT2D eigenvalue weighted by Crippen LogP contribution is -2.18. The van der Waals surface area contributed by atoms with Gasteiger partial charge in [-0.1, -0.05) is 0 Å². The van der Waals surface area contributed by atoms with E-state index in [-0.39, 0.29) is 11.4 Å². The number of nitrogens with zero attached hydrogens (tertiary/aromatic N) is 3. The van der Waals surface area contributed by atoms with Gasteiger partial charge in [0.05, 0.1) is 15.9 Å². The van der Waals surface area contributed by atoms with Crippen LogP contribution >= 0.6 is 0 Å². The Bertz CT molecular complexity index is 469. The smallest absolute Gasteiger partial charge is 0.299 e. The van der Waals surface area contributed by atoms with E-state index in [2.05, 4.69) is 0 Å². The molecular formula is C10H11N3O4. The van der Waals surface area contributed by atoms with Crippen LogP contribution < -0.4 is 4.90 Å². The van der Waals surface area contributed by atoms with E-state index in [1.54, 1.807) is 0 Å². The molecule has 0 radical (unpaired) electrons. The van der Waals surface area contributed by atoms with Gasteiger partial charge >= 0.3 is 0 Å². The van der Waals surface area contributed by atoms with E-state index in [1.807, 2.05) is 4.90 Å². The highest BCUT2D eigenvalue weighted by Crippen LogP contribution is 2.33. The quantitative estimate of drug-likeness (QED) is 0.593. The van der Waals surface area contributed by atoms with Crippen LogP contribution in [0.1, 0.15) is 12.8 Å². The molecule has 1 saturated heterocycles. The van der Waals surface area contributed by atoms with E-state index in [9.17, 15) is 20.2 Å². The maximum atomic E-state index is 10.9. The standard InChI is InChI=1S/C10H11N3O4/c14-12(15)8-3-4-9(10(7-8)13(16)17)11-5-1-2-6-11/h3-4,7H,1-2,5-6H2. The van der Waals surface area contributed by atoms with Gasteiger partial charge < -0.3 is 4.90 Å². The first-order valence-corrected chi connectivity index (χ1v) is 5.27. The summed E-state index contributed by atoms with van der Waals surface area (Å²) in [7, 11) is 0. The van der Waals surface area contributed by atoms with Gasteiger partial charge in [-0.05, 0) is 18.9 Å². The van der Waals surface area contributed by atoms with Gasteiger partial charge in [-0.25, -0.2) is 0 Å². The highest BCUT2D eigenvalue weighted by Gasteiger charge is 2.24. The second-order valence-corrected chi connectivity index (χ2v) is 3.88. The molecule has 17 heavy (non-hydrogen) atoms. The zero-order valence-electron chi connectivity index (χ0n) is 9.04. The monoisotopic (exact) mass is 237 g/mol. The lowest BCUT2D eigenvalue weighted by molar-refractivity contribution is -0.393. The van der Waals surface area contributed by atoms with Crippen molar-refractivity contribution >= 4 is 17.1 Å². The number of hydrogen-bond acceptors (Lipinski definition) is 5. The van der Waals surface area contributed by atoms with Crippen LogP contribution in [0.4, 0.5) is 17.1 Å². The van der Waals surface area contributed by atoms with Gasteiger partial charge in [0.1, 0.15) is 5.69 Å². The summed E-state index contributed by atoms with van der Waals surface area (Å²) < 4.78 is 0. The van der Waals surface area contributed by atoms with Crippen molar-refractivity contribution in [2.45, 2.75) is 12.8 Å². The van der Waals surface area contributed by atoms with Crippen LogP contribution in [0.15, 0.2) is 18.2 Å². The van der Waals surface area contributed by atoms with Crippen LogP contribution in [0.3, 0.4) is 0 Å². The van der Waals surface area contributed by atoms with Gasteiger partial charge in [0.2, 0.25) is 0 Å². The molecule has 90 valence electrons. The Kier molecular flexibility index (Phi) is 2.90. The molecule has 0 unspecified atom stereocenters. The third-order valence-electron chi connectivity index (χ3n) is 2.81. The molecule has 0 atom stereocenters. The van der Waals surface area contributed by atoms with Gasteiger partial charge in [0.15, 0.2) is 0 Å². The molecule has 1 heterocycles. The van der Waals surface area contributed by atoms with Crippen LogP contribution in [-0.2, 0) is 0 Å². The number of nitro groups is 2. The summed E-state index contributed by atoms with van der Waals surface area (Å²) in [5.41, 5.74) is 0.0267. The summed E-state index contributed by atoms with van der Waals surface area (Å²) in [4.78, 5) is 22.2. The SMILES string of the molecule is O=[N+]([O-])c1ccc(N2CCCC2)c([N+](=O)[O-])c1. The topological polar surface area (TPSA) is 89.5 Å². The first kappa shape index (κ1) is 11.3. The van der Waals surface area contributed by atoms with Crippen molar-refractivity contribution in [3.05, 3.63) is 38.4 Å². The Balaban J connectivity index is 2.44. The second-order valence-electron chi connectivity index (χ2n) is 3.88. The number of hydrogen-bond donors (Lipinski definition) is 0. The van der Waals surface area contributed by atoms with E-state index in [1.165, 1.54) is 12.1 Å². The van der Waals surface area contributed by atoms with Crippen LogP contribution in [0.25, 0.3) is 0 Å². The van der Waals surface area contributed by atoms with Crippen LogP contribution in [-0.4, -0.2) is 22.9 Å². The first-order chi connectivity index (χ1) is 8.09. The van der Waals surface area contributed by atoms with E-state index >= 15 is 0 Å². The van der Waals surface area contributed by atoms with Crippen molar-refractivity contribution in [2.75, 3.05) is 18.0 Å². The minimum atomic E-state index is -0.624. The highest BCUT2D eigenvalue weighted by molar-refractivity contribution is 5.67. The number of nitro benzene ring substituents is 2. The van der Waals surface area contributed by atoms with Gasteiger partial charge in [-0.15, -0.1) is 0 Å². The van der Waals surface area contributed by atoms with Gasteiger partial charge in [0, 0.05) is 19.2 Å². The minimum Gasteiger partial charge on any atom is -0.366 e. The summed E-state index contributed by atoms with van der Waals surface area (Å²) in [6.45, 7) is 1.53. The van der Waals surface area contributed by atoms with Crippen molar-refractivity contribution in [3.8, 4) is 0 Å². The fourth-order valence-electron chi connectivity index (χ4n) is 2.00. The molecule has 0 aromatic heterocycles. The normalized spacial score (nSPS) is 14.9. The fourth-order valence-corrected chi connectivity index (χ4v) is 2.00. The molecule has 1 aliphatic rings. The Morgan fingerprint density at radius 2 is 1.71 bits per heavy atom. The van der Waals surface area contributed by atoms with Crippen LogP contribution in [0, 0.1) is 20.2 Å². The predicted molar refractivity (Wildman–Crippen MR) is 61.2 cm³/mol. The van der Waals surface area contributed by atoms with E-state index in [0.29, 0.717) is 5.69 Å². The molecule has 0 bridgehead atoms. The van der Waals surface area contributed by atoms with Gasteiger partial charge in [-0.3, -0.25) is 20.2 Å². The average molecular weight is 237 g/mol. The lowest BCUT2D eigenvalue weighted by atomic mass is 10.2. The molecule has 0 N–H and O–H groups in total. The minimum absolute atomic E-state index is 0.193. The van der Waals surface area contributed by atoms with Crippen molar-refractivity contribution in [2.24, 2.45) is 0 Å². The van der Waals surface area contributed by atoms with Crippen molar-refractivity contribution in [1.82, 2.24) is 0 Å². The third-order valence-corrected chi connectivity index (χ3v) is 2.81. The van der Waals surface area contributed by atoms with Gasteiger partial charge in [-0.2, -0.15) is 0 Å². The molecule has 2 rings (SSSR count). The predicted octanol–water partition coefficient (Wildman–Crippen LogP) is 2.10. The molecule has 1 aliphatic heterocycles. The first-order valence-electron chi connectivity index (χ1n) is 5.27. The maximum Gasteiger partial charge on any atom is 0.299 e. The molecule has 0 saturated carbocycles. The maximum absolute atomic E-state index is 10.9. The zero-order valence-corrected chi connectivity index (χ0v) is 9.04. The molecule has 7 heteroatoms. The molecule has 7 nitrogen and oxygen atoms in total. The number of non-ortho nitro benzene ring substituents is 1. The molecule has 1 aromatic carbocycles. The molecule has 0 spiro atoms. The molecule has 1 fully saturated rings. The van der Waals surface area contributed by atoms with E-state index in [4.69, 9.17) is 0 Å². The van der Waals surface area contributed by atoms with Crippen LogP contribution in [0.2, 0.25) is 0 Å². The van der Waals surface area contributed by atoms with Crippen molar-refractivity contribution < 1.29 is 9.85 Å². The zero-order chi connectivity index (χ0) is 12.4. The van der Waals surface area contributed by atoms with E-state index < -0.39 is 9.85 Å². The summed E-state index contributed by atoms with van der Waals surface area (Å²) in [5, 5.41) is 21.5. The molecule has 1 aromatic rings. The Labute approximate surface area is 97.0 Å². The van der Waals surface area contributed by atoms with Crippen molar-refractivity contribution in [1.29, 1.82) is 0 Å². The lowest BCUT2D eigenvalue weighted by Gasteiger charge is -2.16. The van der Waals surface area contributed by atoms with Crippen molar-refractivity contribution in [3.63, 3.8) is 0 Å². The average Bonchev–Trinajstić information content (AvgIpc) is 2.81. The summed E-state index contributed by atoms with van der Waals surface area (Å²) in [6, 6.07) is 3.79. The second kappa shape index (κ2) is 4.36.